The first kappa shape index (κ1) is 26.3. The van der Waals surface area contributed by atoms with Gasteiger partial charge in [0, 0.05) is 30.5 Å². The highest BCUT2D eigenvalue weighted by Crippen LogP contribution is 2.47. The van der Waals surface area contributed by atoms with Gasteiger partial charge in [-0.1, -0.05) is 30.9 Å². The van der Waals surface area contributed by atoms with Crippen molar-refractivity contribution in [2.75, 3.05) is 20.2 Å². The molecule has 1 unspecified atom stereocenters. The summed E-state index contributed by atoms with van der Waals surface area (Å²) >= 11 is 6.41. The Kier molecular flexibility index (Phi) is 7.26. The van der Waals surface area contributed by atoms with Crippen LogP contribution < -0.4 is 21.1 Å². The van der Waals surface area contributed by atoms with Gasteiger partial charge in [-0.15, -0.1) is 0 Å². The molecule has 10 nitrogen and oxygen atoms in total. The van der Waals surface area contributed by atoms with Crippen LogP contribution in [0.3, 0.4) is 0 Å². The van der Waals surface area contributed by atoms with Crippen LogP contribution in [0.1, 0.15) is 61.9 Å². The number of halogens is 1. The van der Waals surface area contributed by atoms with Crippen LogP contribution in [0.5, 0.6) is 5.75 Å². The fourth-order valence-electron chi connectivity index (χ4n) is 6.40. The van der Waals surface area contributed by atoms with Crippen LogP contribution in [0.15, 0.2) is 18.2 Å². The van der Waals surface area contributed by atoms with Gasteiger partial charge in [-0.05, 0) is 49.7 Å². The highest BCUT2D eigenvalue weighted by molar-refractivity contribution is 6.35. The number of carbonyl (C=O) groups is 4. The van der Waals surface area contributed by atoms with Crippen molar-refractivity contribution < 1.29 is 23.9 Å². The molecule has 2 aromatic rings. The summed E-state index contributed by atoms with van der Waals surface area (Å²) in [6.45, 7) is 0.999. The molecule has 1 aromatic carbocycles. The van der Waals surface area contributed by atoms with E-state index in [9.17, 15) is 19.2 Å². The number of benzene rings is 1. The number of amides is 4. The Hall–Kier alpha value is -3.27. The lowest BCUT2D eigenvalue weighted by molar-refractivity contribution is -0.131. The first-order valence-corrected chi connectivity index (χ1v) is 13.6. The van der Waals surface area contributed by atoms with E-state index in [1.807, 2.05) is 0 Å². The molecule has 3 atom stereocenters. The first-order valence-electron chi connectivity index (χ1n) is 13.2. The van der Waals surface area contributed by atoms with E-state index in [4.69, 9.17) is 22.1 Å². The number of fused-ring (bicyclic) bond motifs is 1. The molecule has 0 bridgehead atoms. The largest absolute Gasteiger partial charge is 0.497 e. The van der Waals surface area contributed by atoms with Gasteiger partial charge in [0.25, 0.3) is 5.91 Å². The second kappa shape index (κ2) is 10.5. The zero-order valence-electron chi connectivity index (χ0n) is 21.5. The molecule has 3 aliphatic rings. The number of aromatic amines is 1. The standard InChI is InChI=1S/C27H34ClN5O5/c1-38-17-9-16-11-20(31-22(16)18(28)12-17)26(37)33-14-27(6-3-2-4-7-27)13-21(33)25(36)32-19(23(29)34)10-15-5-8-30-24(15)35/h9,11-12,15,19,21,31H,2-8,10,13-14H2,1H3,(H2,29,34)(H,30,35)(H,32,36)/t15-,19-,21?/m0/s1. The third-order valence-electron chi connectivity index (χ3n) is 8.45. The molecule has 1 spiro atoms. The molecule has 4 amide bonds. The molecule has 38 heavy (non-hydrogen) atoms. The summed E-state index contributed by atoms with van der Waals surface area (Å²) < 4.78 is 5.30. The highest BCUT2D eigenvalue weighted by Gasteiger charge is 2.49. The Morgan fingerprint density at radius 1 is 1.24 bits per heavy atom. The first-order chi connectivity index (χ1) is 18.2. The molecule has 1 aromatic heterocycles. The molecule has 2 aliphatic heterocycles. The van der Waals surface area contributed by atoms with Gasteiger partial charge in [0.15, 0.2) is 0 Å². The molecule has 5 N–H and O–H groups in total. The molecule has 1 saturated carbocycles. The van der Waals surface area contributed by atoms with Gasteiger partial charge in [0.05, 0.1) is 17.6 Å². The van der Waals surface area contributed by atoms with Crippen LogP contribution in [-0.4, -0.2) is 65.8 Å². The van der Waals surface area contributed by atoms with Gasteiger partial charge in [-0.2, -0.15) is 0 Å². The Morgan fingerprint density at radius 3 is 2.66 bits per heavy atom. The second-order valence-corrected chi connectivity index (χ2v) is 11.4. The number of aromatic nitrogens is 1. The average molecular weight is 544 g/mol. The van der Waals surface area contributed by atoms with Crippen LogP contribution in [-0.2, 0) is 14.4 Å². The zero-order valence-corrected chi connectivity index (χ0v) is 22.2. The minimum atomic E-state index is -0.990. The van der Waals surface area contributed by atoms with Crippen molar-refractivity contribution in [1.29, 1.82) is 0 Å². The van der Waals surface area contributed by atoms with E-state index >= 15 is 0 Å². The van der Waals surface area contributed by atoms with Crippen molar-refractivity contribution in [3.05, 3.63) is 28.9 Å². The van der Waals surface area contributed by atoms with Crippen molar-refractivity contribution in [1.82, 2.24) is 20.5 Å². The van der Waals surface area contributed by atoms with Gasteiger partial charge in [-0.3, -0.25) is 19.2 Å². The lowest BCUT2D eigenvalue weighted by Gasteiger charge is -2.32. The summed E-state index contributed by atoms with van der Waals surface area (Å²) in [6, 6.07) is 3.44. The number of H-pyrrole nitrogens is 1. The summed E-state index contributed by atoms with van der Waals surface area (Å²) in [4.78, 5) is 56.5. The molecular weight excluding hydrogens is 510 g/mol. The fourth-order valence-corrected chi connectivity index (χ4v) is 6.66. The van der Waals surface area contributed by atoms with E-state index in [2.05, 4.69) is 15.6 Å². The van der Waals surface area contributed by atoms with Crippen LogP contribution in [0.2, 0.25) is 5.02 Å². The van der Waals surface area contributed by atoms with Crippen molar-refractivity contribution in [2.45, 2.75) is 63.5 Å². The molecular formula is C27H34ClN5O5. The van der Waals surface area contributed by atoms with Crippen molar-refractivity contribution in [3.8, 4) is 5.75 Å². The lowest BCUT2D eigenvalue weighted by Crippen LogP contribution is -2.53. The number of methoxy groups -OCH3 is 1. The topological polar surface area (TPSA) is 147 Å². The predicted molar refractivity (Wildman–Crippen MR) is 142 cm³/mol. The number of nitrogens with zero attached hydrogens (tertiary/aromatic N) is 1. The van der Waals surface area contributed by atoms with Crippen molar-refractivity contribution >= 4 is 46.1 Å². The third kappa shape index (κ3) is 5.06. The maximum atomic E-state index is 13.9. The monoisotopic (exact) mass is 543 g/mol. The summed E-state index contributed by atoms with van der Waals surface area (Å²) in [7, 11) is 1.55. The van der Waals surface area contributed by atoms with E-state index in [1.54, 1.807) is 30.2 Å². The summed E-state index contributed by atoms with van der Waals surface area (Å²) in [5, 5.41) is 6.68. The molecule has 204 valence electrons. The van der Waals surface area contributed by atoms with Crippen LogP contribution in [0.4, 0.5) is 0 Å². The minimum Gasteiger partial charge on any atom is -0.497 e. The van der Waals surface area contributed by atoms with Crippen LogP contribution in [0, 0.1) is 11.3 Å². The van der Waals surface area contributed by atoms with Gasteiger partial charge in [0.2, 0.25) is 17.7 Å². The van der Waals surface area contributed by atoms with Crippen molar-refractivity contribution in [2.24, 2.45) is 17.1 Å². The number of nitrogens with two attached hydrogens (primary N) is 1. The normalized spacial score (nSPS) is 23.4. The molecule has 3 heterocycles. The minimum absolute atomic E-state index is 0.140. The number of hydrogen-bond donors (Lipinski definition) is 4. The number of rotatable bonds is 7. The Balaban J connectivity index is 1.41. The maximum Gasteiger partial charge on any atom is 0.271 e. The quantitative estimate of drug-likeness (QED) is 0.423. The summed E-state index contributed by atoms with van der Waals surface area (Å²) in [6.07, 6.45) is 6.38. The van der Waals surface area contributed by atoms with E-state index in [0.717, 1.165) is 37.5 Å². The maximum absolute atomic E-state index is 13.9. The zero-order chi connectivity index (χ0) is 27.0. The van der Waals surface area contributed by atoms with E-state index < -0.39 is 23.9 Å². The van der Waals surface area contributed by atoms with E-state index in [0.29, 0.717) is 47.9 Å². The molecule has 11 heteroatoms. The lowest BCUT2D eigenvalue weighted by atomic mass is 9.72. The number of ether oxygens (including phenoxy) is 1. The van der Waals surface area contributed by atoms with Crippen LogP contribution in [0.25, 0.3) is 10.9 Å². The SMILES string of the molecule is COc1cc(Cl)c2[nH]c(C(=O)N3CC4(CCCCC4)CC3C(=O)N[C@@H](C[C@@H]3CCNC3=O)C(N)=O)cc2c1. The Labute approximate surface area is 226 Å². The van der Waals surface area contributed by atoms with Gasteiger partial charge >= 0.3 is 0 Å². The number of carbonyl (C=O) groups excluding carboxylic acids is 4. The predicted octanol–water partition coefficient (Wildman–Crippen LogP) is 2.49. The highest BCUT2D eigenvalue weighted by atomic mass is 35.5. The summed E-state index contributed by atoms with van der Waals surface area (Å²) in [5.74, 6) is -1.36. The smallest absolute Gasteiger partial charge is 0.271 e. The van der Waals surface area contributed by atoms with Crippen molar-refractivity contribution in [3.63, 3.8) is 0 Å². The van der Waals surface area contributed by atoms with E-state index in [1.165, 1.54) is 0 Å². The van der Waals surface area contributed by atoms with E-state index in [-0.39, 0.29) is 29.6 Å². The average Bonchev–Trinajstić information content (AvgIpc) is 3.61. The van der Waals surface area contributed by atoms with Gasteiger partial charge in [0.1, 0.15) is 23.5 Å². The molecule has 3 fully saturated rings. The molecule has 5 rings (SSSR count). The second-order valence-electron chi connectivity index (χ2n) is 10.9. The Morgan fingerprint density at radius 2 is 2.00 bits per heavy atom. The number of primary amides is 1. The van der Waals surface area contributed by atoms with Gasteiger partial charge < -0.3 is 31.0 Å². The molecule has 2 saturated heterocycles. The number of nitrogens with one attached hydrogen (secondary N) is 3. The molecule has 0 radical (unpaired) electrons. The molecule has 1 aliphatic carbocycles. The number of likely N-dealkylation sites (tertiary alicyclic amines) is 1. The van der Waals surface area contributed by atoms with Gasteiger partial charge in [-0.25, -0.2) is 0 Å². The third-order valence-corrected chi connectivity index (χ3v) is 8.75. The Bertz CT molecular complexity index is 1270. The van der Waals surface area contributed by atoms with Crippen LogP contribution >= 0.6 is 11.6 Å². The summed E-state index contributed by atoms with van der Waals surface area (Å²) in [5.41, 5.74) is 6.42. The number of hydrogen-bond acceptors (Lipinski definition) is 5. The fraction of sp³-hybridized carbons (Fsp3) is 0.556.